The molecule has 0 atom stereocenters. The Bertz CT molecular complexity index is 986. The van der Waals surface area contributed by atoms with Gasteiger partial charge in [0, 0.05) is 6.07 Å². The minimum atomic E-state index is -0.559. The lowest BCUT2D eigenvalue weighted by molar-refractivity contribution is 0.311. The molecule has 8 heteroatoms. The molecule has 3 aromatic rings. The van der Waals surface area contributed by atoms with Crippen LogP contribution in [0.15, 0.2) is 42.7 Å². The first-order valence-electron chi connectivity index (χ1n) is 6.91. The van der Waals surface area contributed by atoms with Gasteiger partial charge in [-0.1, -0.05) is 18.1 Å². The van der Waals surface area contributed by atoms with Crippen LogP contribution in [0.2, 0.25) is 0 Å². The molecule has 0 aliphatic heterocycles. The Labute approximate surface area is 134 Å². The van der Waals surface area contributed by atoms with Crippen molar-refractivity contribution in [3.63, 3.8) is 0 Å². The predicted molar refractivity (Wildman–Crippen MR) is 87.4 cm³/mol. The summed E-state index contributed by atoms with van der Waals surface area (Å²) in [4.78, 5) is 36.3. The van der Waals surface area contributed by atoms with Crippen molar-refractivity contribution in [3.05, 3.63) is 54.8 Å². The summed E-state index contributed by atoms with van der Waals surface area (Å²) in [5.41, 5.74) is 0.171. The summed E-state index contributed by atoms with van der Waals surface area (Å²) in [5.74, 6) is 0. The fourth-order valence-corrected chi connectivity index (χ4v) is 2.76. The normalized spacial score (nSPS) is 11.8. The molecule has 0 saturated carbocycles. The molecule has 3 aromatic heterocycles. The maximum absolute atomic E-state index is 12.2. The van der Waals surface area contributed by atoms with E-state index in [0.717, 1.165) is 4.88 Å². The van der Waals surface area contributed by atoms with E-state index in [0.29, 0.717) is 17.7 Å². The number of hydrogen-bond donors (Lipinski definition) is 1. The Kier molecular flexibility index (Phi) is 4.07. The highest BCUT2D eigenvalue weighted by molar-refractivity contribution is 7.12. The Morgan fingerprint density at radius 1 is 1.48 bits per heavy atom. The number of oxime groups is 1. The van der Waals surface area contributed by atoms with Gasteiger partial charge >= 0.3 is 11.6 Å². The number of aromatic amines is 1. The highest BCUT2D eigenvalue weighted by Gasteiger charge is 2.12. The van der Waals surface area contributed by atoms with Crippen LogP contribution in [-0.4, -0.2) is 15.7 Å². The molecule has 0 aromatic carbocycles. The van der Waals surface area contributed by atoms with Crippen LogP contribution >= 0.6 is 11.3 Å². The zero-order chi connectivity index (χ0) is 16.4. The highest BCUT2D eigenvalue weighted by Crippen LogP contribution is 2.14. The van der Waals surface area contributed by atoms with Gasteiger partial charge in [-0.05, 0) is 30.4 Å². The molecule has 1 N–H and O–H groups in total. The first kappa shape index (κ1) is 15.2. The molecular formula is C15H13N3O4S. The second-order valence-electron chi connectivity index (χ2n) is 4.74. The number of hydrogen-bond acceptors (Lipinski definition) is 7. The second-order valence-corrected chi connectivity index (χ2v) is 5.69. The van der Waals surface area contributed by atoms with Crippen molar-refractivity contribution < 1.29 is 9.25 Å². The average molecular weight is 331 g/mol. The minimum Gasteiger partial charge on any atom is -0.403 e. The predicted octanol–water partition coefficient (Wildman–Crippen LogP) is 2.30. The molecule has 3 rings (SSSR count). The van der Waals surface area contributed by atoms with E-state index in [1.165, 1.54) is 17.4 Å². The van der Waals surface area contributed by atoms with Gasteiger partial charge in [-0.3, -0.25) is 9.78 Å². The molecule has 118 valence electrons. The number of aryl methyl sites for hydroxylation is 1. The van der Waals surface area contributed by atoms with Gasteiger partial charge in [0.05, 0.1) is 10.6 Å². The lowest BCUT2D eigenvalue weighted by Gasteiger charge is -2.03. The monoisotopic (exact) mass is 331 g/mol. The molecule has 0 fully saturated rings. The lowest BCUT2D eigenvalue weighted by Crippen LogP contribution is -2.14. The second kappa shape index (κ2) is 6.17. The molecule has 0 radical (unpaired) electrons. The van der Waals surface area contributed by atoms with Gasteiger partial charge in [-0.25, -0.2) is 4.79 Å². The fourth-order valence-electron chi connectivity index (χ4n) is 2.09. The smallest absolute Gasteiger partial charge is 0.337 e. The van der Waals surface area contributed by atoms with E-state index in [4.69, 9.17) is 9.25 Å². The molecule has 0 aliphatic rings. The molecule has 3 heterocycles. The van der Waals surface area contributed by atoms with E-state index in [9.17, 15) is 9.59 Å². The number of fused-ring (bicyclic) bond motifs is 1. The molecule has 0 unspecified atom stereocenters. The third-order valence-electron chi connectivity index (χ3n) is 3.20. The number of H-pyrrole nitrogens is 1. The van der Waals surface area contributed by atoms with Crippen molar-refractivity contribution in [2.24, 2.45) is 5.16 Å². The van der Waals surface area contributed by atoms with E-state index in [1.807, 2.05) is 24.4 Å². The van der Waals surface area contributed by atoms with E-state index >= 15 is 0 Å². The topological polar surface area (TPSA) is 97.5 Å². The molecule has 0 saturated heterocycles. The Hall–Kier alpha value is -2.74. The van der Waals surface area contributed by atoms with Crippen molar-refractivity contribution in [1.29, 1.82) is 0 Å². The highest BCUT2D eigenvalue weighted by atomic mass is 32.1. The summed E-state index contributed by atoms with van der Waals surface area (Å²) in [6.07, 6.45) is 0.517. The zero-order valence-corrected chi connectivity index (χ0v) is 13.3. The third kappa shape index (κ3) is 3.07. The SMILES string of the molecule is CCc1cc(=O)oc2nc(O/N=C(\C)c3cccs3)[nH]c(=O)c12. The van der Waals surface area contributed by atoms with Crippen LogP contribution in [-0.2, 0) is 6.42 Å². The number of nitrogens with one attached hydrogen (secondary N) is 1. The van der Waals surface area contributed by atoms with Crippen molar-refractivity contribution >= 4 is 28.1 Å². The van der Waals surface area contributed by atoms with Gasteiger partial charge in [0.2, 0.25) is 5.71 Å². The van der Waals surface area contributed by atoms with Gasteiger partial charge in [-0.2, -0.15) is 4.98 Å². The summed E-state index contributed by atoms with van der Waals surface area (Å²) in [5, 5.41) is 6.10. The van der Waals surface area contributed by atoms with E-state index in [2.05, 4.69) is 15.1 Å². The third-order valence-corrected chi connectivity index (χ3v) is 4.18. The summed E-state index contributed by atoms with van der Waals surface area (Å²) in [6.45, 7) is 3.62. The summed E-state index contributed by atoms with van der Waals surface area (Å²) in [6, 6.07) is 4.96. The quantitative estimate of drug-likeness (QED) is 0.584. The van der Waals surface area contributed by atoms with Crippen LogP contribution in [0.1, 0.15) is 24.3 Å². The van der Waals surface area contributed by atoms with Gasteiger partial charge in [0.1, 0.15) is 5.39 Å². The van der Waals surface area contributed by atoms with Crippen molar-refractivity contribution in [3.8, 4) is 6.01 Å². The average Bonchev–Trinajstić information content (AvgIpc) is 3.05. The summed E-state index contributed by atoms with van der Waals surface area (Å²) < 4.78 is 4.99. The molecule has 0 amide bonds. The van der Waals surface area contributed by atoms with Crippen LogP contribution in [0.5, 0.6) is 6.01 Å². The molecular weight excluding hydrogens is 318 g/mol. The van der Waals surface area contributed by atoms with Crippen LogP contribution in [0.25, 0.3) is 11.1 Å². The minimum absolute atomic E-state index is 0.0583. The lowest BCUT2D eigenvalue weighted by atomic mass is 10.1. The summed E-state index contributed by atoms with van der Waals surface area (Å²) >= 11 is 1.52. The van der Waals surface area contributed by atoms with Crippen molar-refractivity contribution in [1.82, 2.24) is 9.97 Å². The number of thiophene rings is 1. The van der Waals surface area contributed by atoms with Crippen LogP contribution in [0.4, 0.5) is 0 Å². The van der Waals surface area contributed by atoms with Gasteiger partial charge in [-0.15, -0.1) is 11.3 Å². The van der Waals surface area contributed by atoms with E-state index in [-0.39, 0.29) is 17.1 Å². The zero-order valence-electron chi connectivity index (χ0n) is 12.5. The largest absolute Gasteiger partial charge is 0.403 e. The van der Waals surface area contributed by atoms with Crippen molar-refractivity contribution in [2.45, 2.75) is 20.3 Å². The molecule has 0 spiro atoms. The molecule has 0 bridgehead atoms. The maximum atomic E-state index is 12.2. The standard InChI is InChI=1S/C15H13N3O4S/c1-3-9-7-11(19)21-14-12(9)13(20)16-15(17-14)22-18-8(2)10-5-4-6-23-10/h4-7H,3H2,1-2H3,(H,16,17,20)/b18-8+. The maximum Gasteiger partial charge on any atom is 0.337 e. The Balaban J connectivity index is 2.02. The summed E-state index contributed by atoms with van der Waals surface area (Å²) in [7, 11) is 0. The Morgan fingerprint density at radius 2 is 2.30 bits per heavy atom. The molecule has 0 aliphatic carbocycles. The van der Waals surface area contributed by atoms with Gasteiger partial charge < -0.3 is 9.25 Å². The molecule has 23 heavy (non-hydrogen) atoms. The molecule has 7 nitrogen and oxygen atoms in total. The fraction of sp³-hybridized carbons (Fsp3) is 0.200. The first-order valence-corrected chi connectivity index (χ1v) is 7.79. The van der Waals surface area contributed by atoms with E-state index in [1.54, 1.807) is 6.92 Å². The van der Waals surface area contributed by atoms with Crippen LogP contribution < -0.4 is 16.0 Å². The number of rotatable bonds is 4. The first-order chi connectivity index (χ1) is 11.1. The number of nitrogens with zero attached hydrogens (tertiary/aromatic N) is 2. The van der Waals surface area contributed by atoms with Crippen LogP contribution in [0.3, 0.4) is 0 Å². The van der Waals surface area contributed by atoms with E-state index < -0.39 is 11.2 Å². The van der Waals surface area contributed by atoms with Crippen molar-refractivity contribution in [2.75, 3.05) is 0 Å². The number of aromatic nitrogens is 2. The van der Waals surface area contributed by atoms with Gasteiger partial charge in [0.25, 0.3) is 5.56 Å². The Morgan fingerprint density at radius 3 is 3.00 bits per heavy atom. The van der Waals surface area contributed by atoms with Gasteiger partial charge in [0.15, 0.2) is 0 Å². The van der Waals surface area contributed by atoms with Crippen LogP contribution in [0, 0.1) is 0 Å².